The zero-order valence-corrected chi connectivity index (χ0v) is 12.4. The minimum Gasteiger partial charge on any atom is -0.481 e. The maximum atomic E-state index is 11.7. The summed E-state index contributed by atoms with van der Waals surface area (Å²) in [5.41, 5.74) is -1.22. The number of ether oxygens (including phenoxy) is 1. The number of nitrogens with zero attached hydrogens (tertiary/aromatic N) is 2. The molecule has 2 fully saturated rings. The third-order valence-electron chi connectivity index (χ3n) is 4.91. The number of carboxylic acids is 1. The summed E-state index contributed by atoms with van der Waals surface area (Å²) in [5, 5.41) is 13.6. The van der Waals surface area contributed by atoms with Crippen molar-refractivity contribution >= 4 is 5.97 Å². The highest BCUT2D eigenvalue weighted by Crippen LogP contribution is 2.40. The molecule has 116 valence electrons. The van der Waals surface area contributed by atoms with E-state index in [1.165, 1.54) is 0 Å². The van der Waals surface area contributed by atoms with Gasteiger partial charge >= 0.3 is 5.97 Å². The highest BCUT2D eigenvalue weighted by atomic mass is 16.5. The van der Waals surface area contributed by atoms with Crippen molar-refractivity contribution in [2.24, 2.45) is 5.41 Å². The quantitative estimate of drug-likeness (QED) is 0.918. The fourth-order valence-electron chi connectivity index (χ4n) is 3.48. The van der Waals surface area contributed by atoms with Crippen LogP contribution in [0.4, 0.5) is 0 Å². The highest BCUT2D eigenvalue weighted by molar-refractivity contribution is 5.75. The minimum absolute atomic E-state index is 0.325. The van der Waals surface area contributed by atoms with Gasteiger partial charge in [0.2, 0.25) is 11.7 Å². The van der Waals surface area contributed by atoms with Crippen molar-refractivity contribution in [3.8, 4) is 0 Å². The van der Waals surface area contributed by atoms with Crippen LogP contribution < -0.4 is 0 Å². The van der Waals surface area contributed by atoms with Gasteiger partial charge in [-0.2, -0.15) is 4.98 Å². The van der Waals surface area contributed by atoms with Gasteiger partial charge in [-0.05, 0) is 32.6 Å². The molecule has 21 heavy (non-hydrogen) atoms. The third-order valence-corrected chi connectivity index (χ3v) is 4.91. The number of hydrogen-bond acceptors (Lipinski definition) is 5. The molecule has 1 aromatic rings. The van der Waals surface area contributed by atoms with E-state index in [1.54, 1.807) is 0 Å². The maximum Gasteiger partial charge on any atom is 0.310 e. The van der Waals surface area contributed by atoms with Crippen LogP contribution in [0.25, 0.3) is 0 Å². The van der Waals surface area contributed by atoms with Crippen LogP contribution in [-0.2, 0) is 21.6 Å². The first kappa shape index (κ1) is 14.5. The summed E-state index contributed by atoms with van der Waals surface area (Å²) in [6.45, 7) is 2.67. The van der Waals surface area contributed by atoms with E-state index in [0.29, 0.717) is 37.6 Å². The second-order valence-corrected chi connectivity index (χ2v) is 6.52. The number of carbonyl (C=O) groups is 1. The van der Waals surface area contributed by atoms with E-state index >= 15 is 0 Å². The Morgan fingerprint density at radius 1 is 1.24 bits per heavy atom. The van der Waals surface area contributed by atoms with Crippen molar-refractivity contribution < 1.29 is 19.2 Å². The van der Waals surface area contributed by atoms with Crippen molar-refractivity contribution in [3.05, 3.63) is 11.7 Å². The Bertz CT molecular complexity index is 513. The van der Waals surface area contributed by atoms with Crippen LogP contribution in [0.15, 0.2) is 4.52 Å². The van der Waals surface area contributed by atoms with E-state index in [1.807, 2.05) is 6.92 Å². The molecule has 0 bridgehead atoms. The molecule has 1 saturated heterocycles. The fourth-order valence-corrected chi connectivity index (χ4v) is 3.48. The number of hydrogen-bond donors (Lipinski definition) is 1. The molecule has 1 N–H and O–H groups in total. The fraction of sp³-hybridized carbons (Fsp3) is 0.800. The van der Waals surface area contributed by atoms with E-state index in [-0.39, 0.29) is 0 Å². The SMILES string of the molecule is CC1(c2noc(CC3(C(=O)O)CCCCC3)n2)CCCO1. The Labute approximate surface area is 123 Å². The topological polar surface area (TPSA) is 85.5 Å². The number of carboxylic acid groups (broad SMARTS) is 1. The van der Waals surface area contributed by atoms with Gasteiger partial charge in [0.1, 0.15) is 5.60 Å². The number of aromatic nitrogens is 2. The summed E-state index contributed by atoms with van der Waals surface area (Å²) in [6, 6.07) is 0. The van der Waals surface area contributed by atoms with Gasteiger partial charge in [0.25, 0.3) is 0 Å². The van der Waals surface area contributed by atoms with E-state index < -0.39 is 17.0 Å². The normalized spacial score (nSPS) is 28.6. The van der Waals surface area contributed by atoms with Gasteiger partial charge in [-0.1, -0.05) is 24.4 Å². The molecule has 1 saturated carbocycles. The molecular formula is C15H22N2O4. The van der Waals surface area contributed by atoms with Crippen molar-refractivity contribution in [1.82, 2.24) is 10.1 Å². The maximum absolute atomic E-state index is 11.7. The highest BCUT2D eigenvalue weighted by Gasteiger charge is 2.42. The van der Waals surface area contributed by atoms with E-state index in [4.69, 9.17) is 9.26 Å². The first-order chi connectivity index (χ1) is 10.0. The lowest BCUT2D eigenvalue weighted by molar-refractivity contribution is -0.151. The van der Waals surface area contributed by atoms with Gasteiger partial charge in [-0.15, -0.1) is 0 Å². The predicted octanol–water partition coefficient (Wildman–Crippen LogP) is 2.67. The molecule has 1 aliphatic carbocycles. The molecule has 1 unspecified atom stereocenters. The molecule has 3 rings (SSSR count). The molecular weight excluding hydrogens is 272 g/mol. The second kappa shape index (κ2) is 5.40. The van der Waals surface area contributed by atoms with E-state index in [9.17, 15) is 9.90 Å². The monoisotopic (exact) mass is 294 g/mol. The Morgan fingerprint density at radius 3 is 2.62 bits per heavy atom. The molecule has 6 nitrogen and oxygen atoms in total. The number of aliphatic carboxylic acids is 1. The molecule has 0 amide bonds. The smallest absolute Gasteiger partial charge is 0.310 e. The van der Waals surface area contributed by atoms with Crippen LogP contribution in [0.1, 0.15) is 63.6 Å². The van der Waals surface area contributed by atoms with Crippen molar-refractivity contribution in [2.75, 3.05) is 6.61 Å². The van der Waals surface area contributed by atoms with Crippen molar-refractivity contribution in [2.45, 2.75) is 63.9 Å². The lowest BCUT2D eigenvalue weighted by atomic mass is 9.72. The van der Waals surface area contributed by atoms with Gasteiger partial charge in [0, 0.05) is 13.0 Å². The molecule has 0 aromatic carbocycles. The third kappa shape index (κ3) is 2.69. The zero-order chi connectivity index (χ0) is 14.9. The summed E-state index contributed by atoms with van der Waals surface area (Å²) >= 11 is 0. The lowest BCUT2D eigenvalue weighted by Crippen LogP contribution is -2.35. The Morgan fingerprint density at radius 2 is 2.00 bits per heavy atom. The predicted molar refractivity (Wildman–Crippen MR) is 73.7 cm³/mol. The molecule has 0 spiro atoms. The molecule has 1 aromatic heterocycles. The molecule has 1 atom stereocenters. The van der Waals surface area contributed by atoms with E-state index in [0.717, 1.165) is 32.1 Å². The van der Waals surface area contributed by atoms with Crippen LogP contribution in [-0.4, -0.2) is 27.8 Å². The summed E-state index contributed by atoms with van der Waals surface area (Å²) < 4.78 is 11.0. The number of rotatable bonds is 4. The van der Waals surface area contributed by atoms with Gasteiger partial charge in [0.05, 0.1) is 5.41 Å². The molecule has 2 heterocycles. The zero-order valence-electron chi connectivity index (χ0n) is 12.4. The average molecular weight is 294 g/mol. The first-order valence-corrected chi connectivity index (χ1v) is 7.75. The van der Waals surface area contributed by atoms with Crippen molar-refractivity contribution in [1.29, 1.82) is 0 Å². The summed E-state index contributed by atoms with van der Waals surface area (Å²) in [6.07, 6.45) is 6.57. The summed E-state index contributed by atoms with van der Waals surface area (Å²) in [4.78, 5) is 16.1. The summed E-state index contributed by atoms with van der Waals surface area (Å²) in [5.74, 6) is 0.225. The largest absolute Gasteiger partial charge is 0.481 e. The summed E-state index contributed by atoms with van der Waals surface area (Å²) in [7, 11) is 0. The first-order valence-electron chi connectivity index (χ1n) is 7.75. The van der Waals surface area contributed by atoms with E-state index in [2.05, 4.69) is 10.1 Å². The minimum atomic E-state index is -0.745. The molecule has 0 radical (unpaired) electrons. The van der Waals surface area contributed by atoms with Crippen LogP contribution in [0.5, 0.6) is 0 Å². The van der Waals surface area contributed by atoms with Crippen LogP contribution in [0.2, 0.25) is 0 Å². The van der Waals surface area contributed by atoms with Crippen LogP contribution >= 0.6 is 0 Å². The van der Waals surface area contributed by atoms with Gasteiger partial charge < -0.3 is 14.4 Å². The Kier molecular flexibility index (Phi) is 3.73. The average Bonchev–Trinajstić information content (AvgIpc) is 3.10. The molecule has 1 aliphatic heterocycles. The van der Waals surface area contributed by atoms with Gasteiger partial charge in [-0.3, -0.25) is 4.79 Å². The lowest BCUT2D eigenvalue weighted by Gasteiger charge is -2.31. The van der Waals surface area contributed by atoms with Crippen LogP contribution in [0, 0.1) is 5.41 Å². The molecule has 6 heteroatoms. The Hall–Kier alpha value is -1.43. The Balaban J connectivity index is 1.78. The van der Waals surface area contributed by atoms with Crippen molar-refractivity contribution in [3.63, 3.8) is 0 Å². The molecule has 2 aliphatic rings. The standard InChI is InChI=1S/C15H22N2O4/c1-14(6-5-9-20-14)12-16-11(21-17-12)10-15(13(18)19)7-3-2-4-8-15/h2-10H2,1H3,(H,18,19). The van der Waals surface area contributed by atoms with Crippen LogP contribution in [0.3, 0.4) is 0 Å². The van der Waals surface area contributed by atoms with Gasteiger partial charge in [0.15, 0.2) is 0 Å². The second-order valence-electron chi connectivity index (χ2n) is 6.52. The van der Waals surface area contributed by atoms with Gasteiger partial charge in [-0.25, -0.2) is 0 Å².